The van der Waals surface area contributed by atoms with E-state index in [9.17, 15) is 4.79 Å². The van der Waals surface area contributed by atoms with E-state index in [2.05, 4.69) is 18.8 Å². The number of pyridine rings is 1. The van der Waals surface area contributed by atoms with Gasteiger partial charge in [-0.2, -0.15) is 5.10 Å². The maximum absolute atomic E-state index is 13.2. The Kier molecular flexibility index (Phi) is 4.06. The number of aryl methyl sites for hydroxylation is 1. The zero-order valence-corrected chi connectivity index (χ0v) is 15.1. The zero-order chi connectivity index (χ0) is 17.6. The van der Waals surface area contributed by atoms with E-state index in [4.69, 9.17) is 10.1 Å². The molecule has 0 bridgehead atoms. The highest BCUT2D eigenvalue weighted by molar-refractivity contribution is 5.95. The number of nitrogens with zero attached hydrogens (tertiary/aromatic N) is 5. The van der Waals surface area contributed by atoms with Crippen LogP contribution in [0.5, 0.6) is 0 Å². The van der Waals surface area contributed by atoms with Crippen LogP contribution in [0.4, 0.5) is 0 Å². The van der Waals surface area contributed by atoms with Gasteiger partial charge in [0.25, 0.3) is 5.91 Å². The minimum absolute atomic E-state index is 0.0131. The summed E-state index contributed by atoms with van der Waals surface area (Å²) < 4.78 is 2.03. The summed E-state index contributed by atoms with van der Waals surface area (Å²) in [4.78, 5) is 24.3. The summed E-state index contributed by atoms with van der Waals surface area (Å²) in [6.45, 7) is 7.66. The lowest BCUT2D eigenvalue weighted by atomic mass is 9.99. The molecule has 0 aromatic carbocycles. The number of aromatic nitrogens is 4. The quantitative estimate of drug-likeness (QED) is 0.858. The van der Waals surface area contributed by atoms with Crippen LogP contribution in [0.1, 0.15) is 72.8 Å². The molecule has 1 aliphatic heterocycles. The van der Waals surface area contributed by atoms with Gasteiger partial charge in [-0.25, -0.2) is 9.67 Å². The van der Waals surface area contributed by atoms with E-state index in [1.54, 1.807) is 6.20 Å². The van der Waals surface area contributed by atoms with E-state index in [0.29, 0.717) is 30.5 Å². The molecule has 6 heteroatoms. The molecule has 2 aromatic rings. The van der Waals surface area contributed by atoms with Crippen LogP contribution in [-0.4, -0.2) is 37.1 Å². The highest BCUT2D eigenvalue weighted by Gasteiger charge is 2.37. The third kappa shape index (κ3) is 3.05. The number of carbonyl (C=O) groups is 1. The van der Waals surface area contributed by atoms with Gasteiger partial charge in [0.1, 0.15) is 5.82 Å². The van der Waals surface area contributed by atoms with Gasteiger partial charge in [0.05, 0.1) is 18.2 Å². The van der Waals surface area contributed by atoms with Crippen molar-refractivity contribution in [2.45, 2.75) is 58.5 Å². The fraction of sp³-hybridized carbons (Fsp3) is 0.579. The molecule has 3 heterocycles. The molecule has 25 heavy (non-hydrogen) atoms. The Morgan fingerprint density at radius 1 is 1.32 bits per heavy atom. The van der Waals surface area contributed by atoms with Crippen LogP contribution in [0.3, 0.4) is 0 Å². The highest BCUT2D eigenvalue weighted by Crippen LogP contribution is 2.40. The number of fused-ring (bicyclic) bond motifs is 1. The van der Waals surface area contributed by atoms with Crippen molar-refractivity contribution >= 4 is 5.91 Å². The average Bonchev–Trinajstić information content (AvgIpc) is 3.34. The van der Waals surface area contributed by atoms with Crippen LogP contribution in [0.2, 0.25) is 0 Å². The predicted octanol–water partition coefficient (Wildman–Crippen LogP) is 3.10. The van der Waals surface area contributed by atoms with Crippen molar-refractivity contribution in [1.82, 2.24) is 24.6 Å². The predicted molar refractivity (Wildman–Crippen MR) is 94.2 cm³/mol. The first kappa shape index (κ1) is 16.2. The minimum atomic E-state index is -0.0131. The molecule has 0 saturated heterocycles. The maximum Gasteiger partial charge on any atom is 0.256 e. The Morgan fingerprint density at radius 2 is 2.12 bits per heavy atom. The smallest absolute Gasteiger partial charge is 0.256 e. The summed E-state index contributed by atoms with van der Waals surface area (Å²) in [7, 11) is 0. The SMILES string of the molecule is Cc1ncccc1C(=O)N1CCn2nc(C3CC3)nc2[C@@H]1CC(C)C. The fourth-order valence-corrected chi connectivity index (χ4v) is 3.58. The summed E-state index contributed by atoms with van der Waals surface area (Å²) in [6, 6.07) is 3.68. The van der Waals surface area contributed by atoms with Gasteiger partial charge in [-0.05, 0) is 44.2 Å². The Morgan fingerprint density at radius 3 is 2.80 bits per heavy atom. The summed E-state index contributed by atoms with van der Waals surface area (Å²) in [5.41, 5.74) is 1.47. The van der Waals surface area contributed by atoms with Crippen molar-refractivity contribution in [3.05, 3.63) is 41.2 Å². The molecule has 1 atom stereocenters. The van der Waals surface area contributed by atoms with Crippen LogP contribution < -0.4 is 0 Å². The van der Waals surface area contributed by atoms with Gasteiger partial charge in [0, 0.05) is 24.4 Å². The molecule has 1 fully saturated rings. The molecule has 2 aliphatic rings. The van der Waals surface area contributed by atoms with E-state index >= 15 is 0 Å². The molecule has 0 N–H and O–H groups in total. The van der Waals surface area contributed by atoms with Crippen LogP contribution >= 0.6 is 0 Å². The van der Waals surface area contributed by atoms with Crippen molar-refractivity contribution in [3.63, 3.8) is 0 Å². The number of hydrogen-bond acceptors (Lipinski definition) is 4. The van der Waals surface area contributed by atoms with Gasteiger partial charge in [0.2, 0.25) is 0 Å². The van der Waals surface area contributed by atoms with Gasteiger partial charge in [-0.15, -0.1) is 0 Å². The number of carbonyl (C=O) groups excluding carboxylic acids is 1. The number of hydrogen-bond donors (Lipinski definition) is 0. The van der Waals surface area contributed by atoms with E-state index in [-0.39, 0.29) is 11.9 Å². The first-order valence-electron chi connectivity index (χ1n) is 9.22. The lowest BCUT2D eigenvalue weighted by Gasteiger charge is -2.36. The molecule has 6 nitrogen and oxygen atoms in total. The molecular formula is C19H25N5O. The largest absolute Gasteiger partial charge is 0.326 e. The molecule has 1 saturated carbocycles. The number of rotatable bonds is 4. The van der Waals surface area contributed by atoms with Crippen molar-refractivity contribution in [1.29, 1.82) is 0 Å². The van der Waals surface area contributed by atoms with E-state index in [1.165, 1.54) is 12.8 Å². The lowest BCUT2D eigenvalue weighted by molar-refractivity contribution is 0.0577. The van der Waals surface area contributed by atoms with Crippen molar-refractivity contribution in [2.75, 3.05) is 6.54 Å². The van der Waals surface area contributed by atoms with Crippen molar-refractivity contribution in [3.8, 4) is 0 Å². The molecule has 132 valence electrons. The Bertz CT molecular complexity index is 793. The number of amides is 1. The van der Waals surface area contributed by atoms with Gasteiger partial charge in [-0.3, -0.25) is 9.78 Å². The lowest BCUT2D eigenvalue weighted by Crippen LogP contribution is -2.43. The standard InChI is InChI=1S/C19H25N5O/c1-12(2)11-16-18-21-17(14-6-7-14)22-24(18)10-9-23(16)19(25)15-5-4-8-20-13(15)3/h4-5,8,12,14,16H,6-7,9-11H2,1-3H3/t16-/m0/s1. The summed E-state index contributed by atoms with van der Waals surface area (Å²) >= 11 is 0. The minimum Gasteiger partial charge on any atom is -0.326 e. The monoisotopic (exact) mass is 339 g/mol. The highest BCUT2D eigenvalue weighted by atomic mass is 16.2. The zero-order valence-electron chi connectivity index (χ0n) is 15.1. The Hall–Kier alpha value is -2.24. The molecule has 0 unspecified atom stereocenters. The molecule has 1 aliphatic carbocycles. The normalized spacial score (nSPS) is 20.0. The second kappa shape index (κ2) is 6.24. The van der Waals surface area contributed by atoms with Gasteiger partial charge < -0.3 is 4.90 Å². The maximum atomic E-state index is 13.2. The topological polar surface area (TPSA) is 63.9 Å². The molecule has 1 amide bonds. The van der Waals surface area contributed by atoms with Crippen LogP contribution in [0.15, 0.2) is 18.3 Å². The van der Waals surface area contributed by atoms with Crippen LogP contribution in [0.25, 0.3) is 0 Å². The van der Waals surface area contributed by atoms with Gasteiger partial charge in [0.15, 0.2) is 5.82 Å². The summed E-state index contributed by atoms with van der Waals surface area (Å²) in [5.74, 6) is 2.98. The van der Waals surface area contributed by atoms with Crippen molar-refractivity contribution < 1.29 is 4.79 Å². The van der Waals surface area contributed by atoms with Gasteiger partial charge in [-0.1, -0.05) is 13.8 Å². The summed E-state index contributed by atoms with van der Waals surface area (Å²) in [6.07, 6.45) is 5.01. The second-order valence-electron chi connectivity index (χ2n) is 7.61. The van der Waals surface area contributed by atoms with Gasteiger partial charge >= 0.3 is 0 Å². The fourth-order valence-electron chi connectivity index (χ4n) is 3.58. The van der Waals surface area contributed by atoms with Crippen LogP contribution in [-0.2, 0) is 6.54 Å². The third-order valence-electron chi connectivity index (χ3n) is 5.08. The first-order valence-corrected chi connectivity index (χ1v) is 9.22. The second-order valence-corrected chi connectivity index (χ2v) is 7.61. The first-order chi connectivity index (χ1) is 12.0. The molecular weight excluding hydrogens is 314 g/mol. The van der Waals surface area contributed by atoms with E-state index in [1.807, 2.05) is 28.6 Å². The third-order valence-corrected chi connectivity index (χ3v) is 5.08. The summed E-state index contributed by atoms with van der Waals surface area (Å²) in [5, 5.41) is 4.71. The molecule has 2 aromatic heterocycles. The van der Waals surface area contributed by atoms with Crippen LogP contribution in [0, 0.1) is 12.8 Å². The Labute approximate surface area is 148 Å². The van der Waals surface area contributed by atoms with Crippen molar-refractivity contribution in [2.24, 2.45) is 5.92 Å². The average molecular weight is 339 g/mol. The van der Waals surface area contributed by atoms with E-state index < -0.39 is 0 Å². The van der Waals surface area contributed by atoms with E-state index in [0.717, 1.165) is 23.8 Å². The molecule has 0 spiro atoms. The Balaban J connectivity index is 1.69. The molecule has 0 radical (unpaired) electrons. The molecule has 4 rings (SSSR count).